The highest BCUT2D eigenvalue weighted by Gasteiger charge is 2.64. The van der Waals surface area contributed by atoms with Gasteiger partial charge >= 0.3 is 0 Å². The maximum absolute atomic E-state index is 8.92. The van der Waals surface area contributed by atoms with Gasteiger partial charge in [-0.2, -0.15) is 0 Å². The minimum absolute atomic E-state index is 0.327. The molecule has 3 aliphatic rings. The van der Waals surface area contributed by atoms with E-state index in [-0.39, 0.29) is 0 Å². The molecule has 1 unspecified atom stereocenters. The first-order valence-corrected chi connectivity index (χ1v) is 5.00. The van der Waals surface area contributed by atoms with Gasteiger partial charge in [-0.25, -0.2) is 0 Å². The molecule has 0 heterocycles. The van der Waals surface area contributed by atoms with Gasteiger partial charge in [-0.3, -0.25) is 0 Å². The Bertz CT molecular complexity index is 175. The molecule has 3 nitrogen and oxygen atoms in total. The smallest absolute Gasteiger partial charge is 0.146 e. The highest BCUT2D eigenvalue weighted by atomic mass is 16.7. The van der Waals surface area contributed by atoms with Crippen molar-refractivity contribution in [1.29, 1.82) is 0 Å². The van der Waals surface area contributed by atoms with Crippen LogP contribution in [0.3, 0.4) is 0 Å². The van der Waals surface area contributed by atoms with Gasteiger partial charge in [0, 0.05) is 13.7 Å². The van der Waals surface area contributed by atoms with Gasteiger partial charge in [-0.1, -0.05) is 0 Å². The lowest BCUT2D eigenvalue weighted by Gasteiger charge is -2.68. The number of ether oxygens (including phenoxy) is 2. The average Bonchev–Trinajstić information content (AvgIpc) is 2.06. The lowest BCUT2D eigenvalue weighted by molar-refractivity contribution is -0.229. The molecule has 0 saturated heterocycles. The highest BCUT2D eigenvalue weighted by molar-refractivity contribution is 5.12. The van der Waals surface area contributed by atoms with E-state index in [1.165, 1.54) is 12.8 Å². The third kappa shape index (κ3) is 1.39. The molecule has 3 fully saturated rings. The summed E-state index contributed by atoms with van der Waals surface area (Å²) in [6, 6.07) is 0. The van der Waals surface area contributed by atoms with E-state index in [0.29, 0.717) is 24.7 Å². The topological polar surface area (TPSA) is 38.7 Å². The molecule has 0 aliphatic heterocycles. The molecular formula is C10H18O3. The van der Waals surface area contributed by atoms with Crippen molar-refractivity contribution in [3.8, 4) is 0 Å². The summed E-state index contributed by atoms with van der Waals surface area (Å²) in [6.07, 6.45) is 3.59. The van der Waals surface area contributed by atoms with Crippen LogP contribution in [0, 0.1) is 17.3 Å². The van der Waals surface area contributed by atoms with Gasteiger partial charge in [0.05, 0.1) is 6.61 Å². The van der Waals surface area contributed by atoms with Crippen LogP contribution < -0.4 is 0 Å². The van der Waals surface area contributed by atoms with Crippen molar-refractivity contribution in [2.75, 3.05) is 27.1 Å². The SMILES string of the molecule is COCOCC1C2CC1(CCO)C2. The van der Waals surface area contributed by atoms with Crippen molar-refractivity contribution in [3.05, 3.63) is 0 Å². The van der Waals surface area contributed by atoms with Crippen LogP contribution in [0.1, 0.15) is 19.3 Å². The van der Waals surface area contributed by atoms with Crippen molar-refractivity contribution in [2.45, 2.75) is 19.3 Å². The summed E-state index contributed by atoms with van der Waals surface area (Å²) in [5.74, 6) is 1.58. The van der Waals surface area contributed by atoms with Gasteiger partial charge in [0.2, 0.25) is 0 Å². The van der Waals surface area contributed by atoms with E-state index in [9.17, 15) is 0 Å². The molecule has 0 spiro atoms. The number of methoxy groups -OCH3 is 1. The maximum atomic E-state index is 8.92. The number of hydrogen-bond acceptors (Lipinski definition) is 3. The van der Waals surface area contributed by atoms with Crippen LogP contribution in [0.25, 0.3) is 0 Å². The third-order valence-electron chi connectivity index (χ3n) is 3.80. The summed E-state index contributed by atoms with van der Waals surface area (Å²) in [6.45, 7) is 1.55. The van der Waals surface area contributed by atoms with E-state index < -0.39 is 0 Å². The normalized spacial score (nSPS) is 41.1. The minimum Gasteiger partial charge on any atom is -0.396 e. The number of rotatable bonds is 6. The zero-order valence-electron chi connectivity index (χ0n) is 8.16. The molecule has 0 amide bonds. The summed E-state index contributed by atoms with van der Waals surface area (Å²) in [4.78, 5) is 0. The Hall–Kier alpha value is -0.120. The fourth-order valence-corrected chi connectivity index (χ4v) is 2.93. The Morgan fingerprint density at radius 1 is 1.46 bits per heavy atom. The molecule has 3 saturated carbocycles. The van der Waals surface area contributed by atoms with E-state index in [2.05, 4.69) is 0 Å². The van der Waals surface area contributed by atoms with Gasteiger partial charge in [0.1, 0.15) is 6.79 Å². The first kappa shape index (κ1) is 9.44. The fraction of sp³-hybridized carbons (Fsp3) is 1.00. The summed E-state index contributed by atoms with van der Waals surface area (Å²) in [5, 5.41) is 8.92. The predicted molar refractivity (Wildman–Crippen MR) is 48.2 cm³/mol. The molecule has 1 N–H and O–H groups in total. The standard InChI is InChI=1S/C10H18O3/c1-12-7-13-6-9-8-4-10(9,5-8)2-3-11/h8-9,11H,2-7H2,1H3. The molecule has 76 valence electrons. The lowest BCUT2D eigenvalue weighted by atomic mass is 9.37. The molecule has 2 bridgehead atoms. The number of hydrogen-bond donors (Lipinski definition) is 1. The van der Waals surface area contributed by atoms with Crippen LogP contribution in [-0.4, -0.2) is 32.2 Å². The molecule has 0 aromatic rings. The van der Waals surface area contributed by atoms with Crippen molar-refractivity contribution in [3.63, 3.8) is 0 Å². The fourth-order valence-electron chi connectivity index (χ4n) is 2.93. The molecular weight excluding hydrogens is 168 g/mol. The minimum atomic E-state index is 0.327. The summed E-state index contributed by atoms with van der Waals surface area (Å²) in [7, 11) is 1.64. The van der Waals surface area contributed by atoms with E-state index in [1.807, 2.05) is 0 Å². The van der Waals surface area contributed by atoms with Crippen LogP contribution >= 0.6 is 0 Å². The van der Waals surface area contributed by atoms with Crippen LogP contribution in [0.15, 0.2) is 0 Å². The van der Waals surface area contributed by atoms with E-state index in [1.54, 1.807) is 7.11 Å². The van der Waals surface area contributed by atoms with Crippen LogP contribution in [0.2, 0.25) is 0 Å². The second-order valence-corrected chi connectivity index (χ2v) is 4.39. The first-order valence-electron chi connectivity index (χ1n) is 5.00. The Labute approximate surface area is 79.0 Å². The molecule has 3 heteroatoms. The van der Waals surface area contributed by atoms with Crippen LogP contribution in [0.5, 0.6) is 0 Å². The monoisotopic (exact) mass is 186 g/mol. The van der Waals surface area contributed by atoms with Crippen LogP contribution in [0.4, 0.5) is 0 Å². The average molecular weight is 186 g/mol. The second-order valence-electron chi connectivity index (χ2n) is 4.39. The van der Waals surface area contributed by atoms with Crippen molar-refractivity contribution in [2.24, 2.45) is 17.3 Å². The Morgan fingerprint density at radius 3 is 2.69 bits per heavy atom. The number of aliphatic hydroxyl groups is 1. The molecule has 13 heavy (non-hydrogen) atoms. The molecule has 0 aromatic carbocycles. The largest absolute Gasteiger partial charge is 0.396 e. The summed E-state index contributed by atoms with van der Waals surface area (Å²) < 4.78 is 10.2. The predicted octanol–water partition coefficient (Wildman–Crippen LogP) is 1.02. The summed E-state index contributed by atoms with van der Waals surface area (Å²) >= 11 is 0. The molecule has 0 aromatic heterocycles. The van der Waals surface area contributed by atoms with E-state index in [4.69, 9.17) is 14.6 Å². The quantitative estimate of drug-likeness (QED) is 0.497. The zero-order chi connectivity index (χ0) is 9.31. The molecule has 1 atom stereocenters. The van der Waals surface area contributed by atoms with Gasteiger partial charge in [-0.15, -0.1) is 0 Å². The van der Waals surface area contributed by atoms with Crippen LogP contribution in [-0.2, 0) is 9.47 Å². The van der Waals surface area contributed by atoms with Gasteiger partial charge < -0.3 is 14.6 Å². The summed E-state index contributed by atoms with van der Waals surface area (Å²) in [5.41, 5.74) is 0.452. The van der Waals surface area contributed by atoms with Crippen molar-refractivity contribution >= 4 is 0 Å². The first-order chi connectivity index (χ1) is 6.32. The maximum Gasteiger partial charge on any atom is 0.146 e. The Morgan fingerprint density at radius 2 is 2.23 bits per heavy atom. The van der Waals surface area contributed by atoms with Crippen molar-refractivity contribution in [1.82, 2.24) is 0 Å². The van der Waals surface area contributed by atoms with Crippen molar-refractivity contribution < 1.29 is 14.6 Å². The van der Waals surface area contributed by atoms with Gasteiger partial charge in [0.15, 0.2) is 0 Å². The van der Waals surface area contributed by atoms with E-state index >= 15 is 0 Å². The second kappa shape index (κ2) is 3.56. The molecule has 0 radical (unpaired) electrons. The third-order valence-corrected chi connectivity index (χ3v) is 3.80. The highest BCUT2D eigenvalue weighted by Crippen LogP contribution is 2.70. The molecule has 3 aliphatic carbocycles. The number of aliphatic hydroxyl groups excluding tert-OH is 1. The Balaban J connectivity index is 1.70. The van der Waals surface area contributed by atoms with Gasteiger partial charge in [-0.05, 0) is 36.5 Å². The van der Waals surface area contributed by atoms with Gasteiger partial charge in [0.25, 0.3) is 0 Å². The zero-order valence-corrected chi connectivity index (χ0v) is 8.16. The molecule has 3 rings (SSSR count). The lowest BCUT2D eigenvalue weighted by Crippen LogP contribution is -2.63. The van der Waals surface area contributed by atoms with E-state index in [0.717, 1.165) is 18.9 Å². The Kier molecular flexibility index (Phi) is 2.58.